The zero-order chi connectivity index (χ0) is 15.3. The van der Waals surface area contributed by atoms with E-state index in [1.54, 1.807) is 12.1 Å². The van der Waals surface area contributed by atoms with Gasteiger partial charge in [0.2, 0.25) is 5.91 Å². The van der Waals surface area contributed by atoms with Crippen LogP contribution >= 0.6 is 27.5 Å². The molecule has 0 aliphatic rings. The van der Waals surface area contributed by atoms with Gasteiger partial charge < -0.3 is 15.4 Å². The second-order valence-electron chi connectivity index (χ2n) is 5.35. The number of rotatable bonds is 5. The van der Waals surface area contributed by atoms with E-state index in [9.17, 15) is 4.79 Å². The van der Waals surface area contributed by atoms with Crippen molar-refractivity contribution in [2.75, 3.05) is 18.5 Å². The summed E-state index contributed by atoms with van der Waals surface area (Å²) in [5, 5.41) is 6.46. The fourth-order valence-electron chi connectivity index (χ4n) is 1.48. The average Bonchev–Trinajstić information content (AvgIpc) is 2.30. The molecule has 4 nitrogen and oxygen atoms in total. The smallest absolute Gasteiger partial charge is 0.238 e. The molecule has 1 rings (SSSR count). The predicted octanol–water partition coefficient (Wildman–Crippen LogP) is 3.83. The molecule has 0 aliphatic carbocycles. The number of benzene rings is 1. The minimum atomic E-state index is -0.143. The molecule has 0 bridgehead atoms. The van der Waals surface area contributed by atoms with Crippen LogP contribution in [-0.2, 0) is 4.79 Å². The molecule has 112 valence electrons. The van der Waals surface area contributed by atoms with Gasteiger partial charge in [0.25, 0.3) is 0 Å². The van der Waals surface area contributed by atoms with Crippen LogP contribution in [-0.4, -0.2) is 24.6 Å². The molecule has 0 fully saturated rings. The van der Waals surface area contributed by atoms with E-state index >= 15 is 0 Å². The number of anilines is 1. The van der Waals surface area contributed by atoms with Crippen molar-refractivity contribution in [1.29, 1.82) is 0 Å². The summed E-state index contributed by atoms with van der Waals surface area (Å²) in [6.07, 6.45) is 0. The first-order chi connectivity index (χ1) is 9.23. The normalized spacial score (nSPS) is 11.3. The number of nitrogens with one attached hydrogen (secondary N) is 2. The van der Waals surface area contributed by atoms with Crippen molar-refractivity contribution >= 4 is 39.1 Å². The van der Waals surface area contributed by atoms with Gasteiger partial charge in [-0.15, -0.1) is 0 Å². The first-order valence-electron chi connectivity index (χ1n) is 6.39. The van der Waals surface area contributed by atoms with E-state index in [-0.39, 0.29) is 18.0 Å². The van der Waals surface area contributed by atoms with E-state index in [1.807, 2.05) is 27.7 Å². The third-order valence-corrected chi connectivity index (χ3v) is 3.16. The van der Waals surface area contributed by atoms with Gasteiger partial charge in [-0.05, 0) is 55.8 Å². The lowest BCUT2D eigenvalue weighted by Crippen LogP contribution is -2.41. The van der Waals surface area contributed by atoms with Gasteiger partial charge in [0.05, 0.1) is 23.3 Å². The maximum absolute atomic E-state index is 12.0. The van der Waals surface area contributed by atoms with Gasteiger partial charge in [-0.3, -0.25) is 4.79 Å². The Hall–Kier alpha value is -0.780. The van der Waals surface area contributed by atoms with E-state index in [0.29, 0.717) is 27.5 Å². The summed E-state index contributed by atoms with van der Waals surface area (Å²) in [7, 11) is 0. The molecule has 0 aliphatic heterocycles. The molecule has 1 amide bonds. The zero-order valence-electron chi connectivity index (χ0n) is 12.1. The van der Waals surface area contributed by atoms with E-state index in [2.05, 4.69) is 26.6 Å². The lowest BCUT2D eigenvalue weighted by molar-refractivity contribution is -0.115. The first-order valence-corrected chi connectivity index (χ1v) is 7.56. The summed E-state index contributed by atoms with van der Waals surface area (Å²) in [6.45, 7) is 8.61. The highest BCUT2D eigenvalue weighted by atomic mass is 79.9. The van der Waals surface area contributed by atoms with E-state index in [1.165, 1.54) is 0 Å². The molecule has 0 saturated carbocycles. The SMILES string of the molecule is CCOc1c(Br)cc(Cl)cc1NC(=O)CNC(C)(C)C. The van der Waals surface area contributed by atoms with Crippen LogP contribution in [0.2, 0.25) is 5.02 Å². The highest BCUT2D eigenvalue weighted by molar-refractivity contribution is 9.10. The van der Waals surface area contributed by atoms with Crippen molar-refractivity contribution in [3.05, 3.63) is 21.6 Å². The Kier molecular flexibility index (Phi) is 6.30. The summed E-state index contributed by atoms with van der Waals surface area (Å²) < 4.78 is 6.24. The van der Waals surface area contributed by atoms with Crippen molar-refractivity contribution < 1.29 is 9.53 Å². The molecule has 1 aromatic carbocycles. The Bertz CT molecular complexity index is 487. The van der Waals surface area contributed by atoms with Crippen molar-refractivity contribution in [3.63, 3.8) is 0 Å². The standard InChI is InChI=1S/C14H20BrClN2O2/c1-5-20-13-10(15)6-9(16)7-11(13)18-12(19)8-17-14(2,3)4/h6-7,17H,5,8H2,1-4H3,(H,18,19). The molecule has 0 saturated heterocycles. The molecule has 1 aromatic rings. The maximum atomic E-state index is 12.0. The van der Waals surface area contributed by atoms with Gasteiger partial charge in [0, 0.05) is 10.6 Å². The quantitative estimate of drug-likeness (QED) is 0.836. The molecule has 0 heterocycles. The fraction of sp³-hybridized carbons (Fsp3) is 0.500. The molecular formula is C14H20BrClN2O2. The number of carbonyl (C=O) groups is 1. The number of hydrogen-bond acceptors (Lipinski definition) is 3. The van der Waals surface area contributed by atoms with E-state index in [0.717, 1.165) is 0 Å². The minimum absolute atomic E-state index is 0.116. The molecular weight excluding hydrogens is 344 g/mol. The summed E-state index contributed by atoms with van der Waals surface area (Å²) in [6, 6.07) is 3.40. The van der Waals surface area contributed by atoms with Crippen molar-refractivity contribution in [3.8, 4) is 5.75 Å². The minimum Gasteiger partial charge on any atom is -0.491 e. The lowest BCUT2D eigenvalue weighted by Gasteiger charge is -2.20. The molecule has 0 atom stereocenters. The first kappa shape index (κ1) is 17.3. The van der Waals surface area contributed by atoms with Gasteiger partial charge >= 0.3 is 0 Å². The third kappa shape index (κ3) is 5.69. The summed E-state index contributed by atoms with van der Waals surface area (Å²) >= 11 is 9.39. The number of amides is 1. The molecule has 0 spiro atoms. The maximum Gasteiger partial charge on any atom is 0.238 e. The number of carbonyl (C=O) groups excluding carboxylic acids is 1. The largest absolute Gasteiger partial charge is 0.491 e. The molecule has 0 aromatic heterocycles. The Balaban J connectivity index is 2.83. The Morgan fingerprint density at radius 1 is 1.40 bits per heavy atom. The zero-order valence-corrected chi connectivity index (χ0v) is 14.5. The summed E-state index contributed by atoms with van der Waals surface area (Å²) in [5.41, 5.74) is 0.446. The van der Waals surface area contributed by atoms with Crippen LogP contribution in [0.1, 0.15) is 27.7 Å². The van der Waals surface area contributed by atoms with Crippen LogP contribution in [0.4, 0.5) is 5.69 Å². The van der Waals surface area contributed by atoms with E-state index < -0.39 is 0 Å². The van der Waals surface area contributed by atoms with Gasteiger partial charge in [-0.2, -0.15) is 0 Å². The molecule has 6 heteroatoms. The average molecular weight is 364 g/mol. The Morgan fingerprint density at radius 2 is 2.05 bits per heavy atom. The molecule has 0 radical (unpaired) electrons. The Labute approximate surface area is 133 Å². The van der Waals surface area contributed by atoms with Crippen LogP contribution in [0.3, 0.4) is 0 Å². The van der Waals surface area contributed by atoms with Gasteiger partial charge in [-0.25, -0.2) is 0 Å². The highest BCUT2D eigenvalue weighted by Gasteiger charge is 2.15. The highest BCUT2D eigenvalue weighted by Crippen LogP contribution is 2.36. The predicted molar refractivity (Wildman–Crippen MR) is 86.7 cm³/mol. The van der Waals surface area contributed by atoms with Crippen molar-refractivity contribution in [2.45, 2.75) is 33.2 Å². The van der Waals surface area contributed by atoms with Crippen LogP contribution < -0.4 is 15.4 Å². The van der Waals surface area contributed by atoms with Gasteiger partial charge in [0.1, 0.15) is 0 Å². The van der Waals surface area contributed by atoms with E-state index in [4.69, 9.17) is 16.3 Å². The molecule has 20 heavy (non-hydrogen) atoms. The van der Waals surface area contributed by atoms with Gasteiger partial charge in [-0.1, -0.05) is 11.6 Å². The Morgan fingerprint density at radius 3 is 2.60 bits per heavy atom. The molecule has 0 unspecified atom stereocenters. The van der Waals surface area contributed by atoms with Gasteiger partial charge in [0.15, 0.2) is 5.75 Å². The lowest BCUT2D eigenvalue weighted by atomic mass is 10.1. The third-order valence-electron chi connectivity index (χ3n) is 2.35. The van der Waals surface area contributed by atoms with Crippen LogP contribution in [0, 0.1) is 0 Å². The summed E-state index contributed by atoms with van der Waals surface area (Å²) in [4.78, 5) is 12.0. The number of hydrogen-bond donors (Lipinski definition) is 2. The number of halogens is 2. The number of ether oxygens (including phenoxy) is 1. The van der Waals surface area contributed by atoms with Crippen molar-refractivity contribution in [2.24, 2.45) is 0 Å². The van der Waals surface area contributed by atoms with Crippen molar-refractivity contribution in [1.82, 2.24) is 5.32 Å². The topological polar surface area (TPSA) is 50.4 Å². The van der Waals surface area contributed by atoms with Crippen LogP contribution in [0.25, 0.3) is 0 Å². The van der Waals surface area contributed by atoms with Crippen LogP contribution in [0.15, 0.2) is 16.6 Å². The second kappa shape index (κ2) is 7.29. The molecule has 2 N–H and O–H groups in total. The summed E-state index contributed by atoms with van der Waals surface area (Å²) in [5.74, 6) is 0.441. The fourth-order valence-corrected chi connectivity index (χ4v) is 2.41. The monoisotopic (exact) mass is 362 g/mol. The van der Waals surface area contributed by atoms with Crippen LogP contribution in [0.5, 0.6) is 5.75 Å². The second-order valence-corrected chi connectivity index (χ2v) is 6.64.